The first-order valence-electron chi connectivity index (χ1n) is 7.56. The Morgan fingerprint density at radius 1 is 1.50 bits per heavy atom. The summed E-state index contributed by atoms with van der Waals surface area (Å²) in [6.07, 6.45) is -1.89. The summed E-state index contributed by atoms with van der Waals surface area (Å²) >= 11 is 0. The molecule has 7 nitrogen and oxygen atoms in total. The molecule has 1 saturated heterocycles. The highest BCUT2D eigenvalue weighted by molar-refractivity contribution is 5.95. The fourth-order valence-electron chi connectivity index (χ4n) is 2.51. The van der Waals surface area contributed by atoms with Crippen molar-refractivity contribution in [1.29, 1.82) is 0 Å². The molecule has 3 rings (SSSR count). The number of halogens is 3. The minimum Gasteiger partial charge on any atom is -0.377 e. The number of nitrogens with zero attached hydrogens (tertiary/aromatic N) is 3. The van der Waals surface area contributed by atoms with E-state index >= 15 is 0 Å². The molecule has 132 valence electrons. The van der Waals surface area contributed by atoms with Crippen LogP contribution in [0.5, 0.6) is 0 Å². The Morgan fingerprint density at radius 2 is 2.21 bits per heavy atom. The number of alkyl halides is 3. The van der Waals surface area contributed by atoms with Gasteiger partial charge in [-0.1, -0.05) is 6.92 Å². The number of rotatable bonds is 3. The monoisotopic (exact) mass is 344 g/mol. The molecule has 0 aromatic carbocycles. The summed E-state index contributed by atoms with van der Waals surface area (Å²) in [5, 5.41) is 9.85. The Labute approximate surface area is 136 Å². The summed E-state index contributed by atoms with van der Waals surface area (Å²) in [6.45, 7) is 4.55. The lowest BCUT2D eigenvalue weighted by molar-refractivity contribution is -0.101. The zero-order chi connectivity index (χ0) is 17.5. The van der Waals surface area contributed by atoms with Crippen LogP contribution in [-0.4, -0.2) is 40.8 Å². The van der Waals surface area contributed by atoms with Gasteiger partial charge < -0.3 is 21.1 Å². The van der Waals surface area contributed by atoms with Gasteiger partial charge in [-0.3, -0.25) is 4.68 Å². The molecule has 2 aliphatic rings. The van der Waals surface area contributed by atoms with E-state index in [0.29, 0.717) is 24.6 Å². The predicted molar refractivity (Wildman–Crippen MR) is 82.4 cm³/mol. The van der Waals surface area contributed by atoms with Crippen molar-refractivity contribution in [1.82, 2.24) is 15.1 Å². The fraction of sp³-hybridized carbons (Fsp3) is 0.571. The van der Waals surface area contributed by atoms with Gasteiger partial charge in [0.1, 0.15) is 5.66 Å². The minimum atomic E-state index is -4.54. The summed E-state index contributed by atoms with van der Waals surface area (Å²) < 4.78 is 46.1. The molecule has 0 aliphatic carbocycles. The Bertz CT molecular complexity index is 691. The molecule has 1 fully saturated rings. The SMILES string of the molecule is CCC1(N)N=C(Nc2cn(C3COC3)nc2C)NC=C1C(F)(F)F. The summed E-state index contributed by atoms with van der Waals surface area (Å²) in [6, 6.07) is 0.182. The fourth-order valence-corrected chi connectivity index (χ4v) is 2.51. The zero-order valence-electron chi connectivity index (χ0n) is 13.3. The third kappa shape index (κ3) is 2.98. The van der Waals surface area contributed by atoms with E-state index in [1.165, 1.54) is 0 Å². The molecule has 1 aromatic rings. The number of ether oxygens (including phenoxy) is 1. The standard InChI is InChI=1S/C14H19F3N6O/c1-3-13(18)11(14(15,16)17)4-19-12(21-13)20-10-5-23(22-8(10)2)9-6-24-7-9/h4-5,9H,3,6-7,18H2,1-2H3,(H2,19,20,21). The lowest BCUT2D eigenvalue weighted by Crippen LogP contribution is -2.51. The second-order valence-corrected chi connectivity index (χ2v) is 5.86. The molecule has 3 heterocycles. The van der Waals surface area contributed by atoms with Gasteiger partial charge in [0.05, 0.1) is 36.2 Å². The molecular weight excluding hydrogens is 325 g/mol. The van der Waals surface area contributed by atoms with Gasteiger partial charge in [0.15, 0.2) is 0 Å². The van der Waals surface area contributed by atoms with E-state index in [2.05, 4.69) is 20.7 Å². The molecule has 4 N–H and O–H groups in total. The van der Waals surface area contributed by atoms with E-state index in [1.54, 1.807) is 24.7 Å². The van der Waals surface area contributed by atoms with Crippen molar-refractivity contribution >= 4 is 11.6 Å². The maximum absolute atomic E-state index is 13.1. The number of hydrogen-bond acceptors (Lipinski definition) is 6. The number of guanidine groups is 1. The van der Waals surface area contributed by atoms with Gasteiger partial charge in [0.25, 0.3) is 0 Å². The number of nitrogens with one attached hydrogen (secondary N) is 2. The molecule has 0 spiro atoms. The average Bonchev–Trinajstić information content (AvgIpc) is 2.76. The van der Waals surface area contributed by atoms with Gasteiger partial charge in [-0.2, -0.15) is 18.3 Å². The van der Waals surface area contributed by atoms with Crippen LogP contribution in [0.15, 0.2) is 23.0 Å². The van der Waals surface area contributed by atoms with Crippen molar-refractivity contribution in [2.45, 2.75) is 38.1 Å². The normalized spacial score (nSPS) is 24.8. The number of nitrogens with two attached hydrogens (primary N) is 1. The molecular formula is C14H19F3N6O. The Morgan fingerprint density at radius 3 is 2.75 bits per heavy atom. The quantitative estimate of drug-likeness (QED) is 0.776. The van der Waals surface area contributed by atoms with E-state index < -0.39 is 17.4 Å². The lowest BCUT2D eigenvalue weighted by Gasteiger charge is -2.32. The highest BCUT2D eigenvalue weighted by Crippen LogP contribution is 2.36. The van der Waals surface area contributed by atoms with Crippen LogP contribution in [0.3, 0.4) is 0 Å². The summed E-state index contributed by atoms with van der Waals surface area (Å²) in [5.41, 5.74) is 4.49. The molecule has 0 radical (unpaired) electrons. The molecule has 24 heavy (non-hydrogen) atoms. The molecule has 1 atom stereocenters. The van der Waals surface area contributed by atoms with E-state index in [9.17, 15) is 13.2 Å². The topological polar surface area (TPSA) is 89.5 Å². The highest BCUT2D eigenvalue weighted by atomic mass is 19.4. The Hall–Kier alpha value is -2.07. The molecule has 1 aromatic heterocycles. The van der Waals surface area contributed by atoms with Crippen LogP contribution in [0.1, 0.15) is 25.1 Å². The minimum absolute atomic E-state index is 0.0167. The van der Waals surface area contributed by atoms with Crippen molar-refractivity contribution in [3.8, 4) is 0 Å². The van der Waals surface area contributed by atoms with Gasteiger partial charge in [0, 0.05) is 12.4 Å². The van der Waals surface area contributed by atoms with Crippen LogP contribution in [0.4, 0.5) is 18.9 Å². The molecule has 0 saturated carbocycles. The van der Waals surface area contributed by atoms with E-state index in [1.807, 2.05) is 0 Å². The van der Waals surface area contributed by atoms with Crippen LogP contribution in [0.2, 0.25) is 0 Å². The molecule has 0 amide bonds. The van der Waals surface area contributed by atoms with Crippen LogP contribution in [0.25, 0.3) is 0 Å². The Balaban J connectivity index is 1.80. The maximum Gasteiger partial charge on any atom is 0.417 e. The van der Waals surface area contributed by atoms with Crippen LogP contribution >= 0.6 is 0 Å². The van der Waals surface area contributed by atoms with Crippen molar-refractivity contribution in [2.75, 3.05) is 18.5 Å². The summed E-state index contributed by atoms with van der Waals surface area (Å²) in [5.74, 6) is 0.153. The van der Waals surface area contributed by atoms with Crippen molar-refractivity contribution < 1.29 is 17.9 Å². The number of aliphatic imine (C=N–C) groups is 1. The van der Waals surface area contributed by atoms with Gasteiger partial charge in [-0.05, 0) is 13.3 Å². The molecule has 10 heteroatoms. The third-order valence-corrected chi connectivity index (χ3v) is 4.14. The van der Waals surface area contributed by atoms with Crippen LogP contribution in [-0.2, 0) is 4.74 Å². The summed E-state index contributed by atoms with van der Waals surface area (Å²) in [7, 11) is 0. The number of aryl methyl sites for hydroxylation is 1. The van der Waals surface area contributed by atoms with E-state index in [0.717, 1.165) is 6.20 Å². The van der Waals surface area contributed by atoms with Gasteiger partial charge in [0.2, 0.25) is 5.96 Å². The predicted octanol–water partition coefficient (Wildman–Crippen LogP) is 1.65. The third-order valence-electron chi connectivity index (χ3n) is 4.14. The second-order valence-electron chi connectivity index (χ2n) is 5.86. The van der Waals surface area contributed by atoms with E-state index in [-0.39, 0.29) is 18.4 Å². The smallest absolute Gasteiger partial charge is 0.377 e. The maximum atomic E-state index is 13.1. The highest BCUT2D eigenvalue weighted by Gasteiger charge is 2.47. The molecule has 1 unspecified atom stereocenters. The van der Waals surface area contributed by atoms with E-state index in [4.69, 9.17) is 10.5 Å². The number of anilines is 1. The first-order chi connectivity index (χ1) is 11.2. The average molecular weight is 344 g/mol. The lowest BCUT2D eigenvalue weighted by atomic mass is 9.97. The van der Waals surface area contributed by atoms with Crippen LogP contribution < -0.4 is 16.4 Å². The largest absolute Gasteiger partial charge is 0.417 e. The first kappa shape index (κ1) is 16.8. The van der Waals surface area contributed by atoms with Crippen molar-refractivity contribution in [3.05, 3.63) is 23.7 Å². The van der Waals surface area contributed by atoms with Crippen LogP contribution in [0, 0.1) is 6.92 Å². The Kier molecular flexibility index (Phi) is 4.04. The number of hydrogen-bond donors (Lipinski definition) is 3. The van der Waals surface area contributed by atoms with Gasteiger partial charge in [-0.15, -0.1) is 0 Å². The number of aromatic nitrogens is 2. The zero-order valence-corrected chi connectivity index (χ0v) is 13.3. The molecule has 2 aliphatic heterocycles. The van der Waals surface area contributed by atoms with Gasteiger partial charge in [-0.25, -0.2) is 4.99 Å². The van der Waals surface area contributed by atoms with Crippen molar-refractivity contribution in [2.24, 2.45) is 10.7 Å². The van der Waals surface area contributed by atoms with Crippen molar-refractivity contribution in [3.63, 3.8) is 0 Å². The second kappa shape index (κ2) is 5.78. The first-order valence-corrected chi connectivity index (χ1v) is 7.56. The summed E-state index contributed by atoms with van der Waals surface area (Å²) in [4.78, 5) is 4.03. The molecule has 0 bridgehead atoms. The van der Waals surface area contributed by atoms with Gasteiger partial charge >= 0.3 is 6.18 Å².